The Labute approximate surface area is 250 Å². The van der Waals surface area contributed by atoms with Crippen LogP contribution in [0.25, 0.3) is 11.3 Å². The summed E-state index contributed by atoms with van der Waals surface area (Å²) in [6.07, 6.45) is 6.89. The van der Waals surface area contributed by atoms with Crippen LogP contribution in [0.15, 0.2) is 53.6 Å². The van der Waals surface area contributed by atoms with E-state index in [2.05, 4.69) is 47.1 Å². The number of amides is 3. The van der Waals surface area contributed by atoms with Crippen LogP contribution in [0.4, 0.5) is 20.7 Å². The number of urea groups is 1. The van der Waals surface area contributed by atoms with Crippen molar-refractivity contribution in [1.82, 2.24) is 25.5 Å². The van der Waals surface area contributed by atoms with Crippen LogP contribution in [0.3, 0.4) is 0 Å². The van der Waals surface area contributed by atoms with Crippen LogP contribution >= 0.6 is 0 Å². The predicted molar refractivity (Wildman–Crippen MR) is 164 cm³/mol. The third-order valence-electron chi connectivity index (χ3n) is 6.77. The van der Waals surface area contributed by atoms with Crippen LogP contribution < -0.4 is 26.9 Å². The van der Waals surface area contributed by atoms with Crippen LogP contribution in [0, 0.1) is 18.0 Å². The Bertz CT molecular complexity index is 1500. The molecular formula is C30H34BFN8O3. The van der Waals surface area contributed by atoms with Gasteiger partial charge in [-0.2, -0.15) is 0 Å². The van der Waals surface area contributed by atoms with Crippen LogP contribution in [0.2, 0.25) is 0 Å². The van der Waals surface area contributed by atoms with Gasteiger partial charge < -0.3 is 15.5 Å². The van der Waals surface area contributed by atoms with Crippen LogP contribution in [0.1, 0.15) is 42.1 Å². The molecule has 0 bridgehead atoms. The molecule has 0 saturated carbocycles. The van der Waals surface area contributed by atoms with Crippen molar-refractivity contribution < 1.29 is 19.1 Å². The molecule has 3 amide bonds. The maximum absolute atomic E-state index is 15.0. The number of nitrogens with zero attached hydrogens (tertiary/aromatic N) is 4. The van der Waals surface area contributed by atoms with Gasteiger partial charge in [0, 0.05) is 19.6 Å². The number of piperidine rings is 1. The number of aromatic nitrogens is 2. The van der Waals surface area contributed by atoms with E-state index in [4.69, 9.17) is 5.11 Å². The smallest absolute Gasteiger partial charge is 0.255 e. The summed E-state index contributed by atoms with van der Waals surface area (Å²) < 4.78 is 15.0. The zero-order valence-electron chi connectivity index (χ0n) is 24.0. The Kier molecular flexibility index (Phi) is 11.6. The Hall–Kier alpha value is -4.83. The van der Waals surface area contributed by atoms with Gasteiger partial charge >= 0.3 is 131 Å². The van der Waals surface area contributed by atoms with Crippen LogP contribution in [0.5, 0.6) is 0 Å². The largest absolute Gasteiger partial charge is 0.351 e. The normalized spacial score (nSPS) is 13.0. The molecule has 13 heteroatoms. The molecule has 0 unspecified atom stereocenters. The van der Waals surface area contributed by atoms with Crippen molar-refractivity contribution in [2.75, 3.05) is 43.4 Å². The molecule has 0 radical (unpaired) electrons. The second kappa shape index (κ2) is 16.0. The molecule has 11 nitrogen and oxygen atoms in total. The van der Waals surface area contributed by atoms with Crippen molar-refractivity contribution in [2.45, 2.75) is 32.7 Å². The van der Waals surface area contributed by atoms with Gasteiger partial charge in [0.1, 0.15) is 5.82 Å². The first kappa shape index (κ1) is 31.1. The zero-order chi connectivity index (χ0) is 30.4. The van der Waals surface area contributed by atoms with Gasteiger partial charge in [0.2, 0.25) is 0 Å². The molecule has 222 valence electrons. The molecule has 0 spiro atoms. The molecular weight excluding hydrogens is 550 g/mol. The molecule has 1 aliphatic rings. The number of pyridine rings is 2. The van der Waals surface area contributed by atoms with E-state index in [0.29, 0.717) is 41.3 Å². The average Bonchev–Trinajstić information content (AvgIpc) is 3.02. The quantitative estimate of drug-likeness (QED) is 0.172. The Morgan fingerprint density at radius 2 is 1.95 bits per heavy atom. The molecule has 3 aromatic rings. The average molecular weight is 584 g/mol. The summed E-state index contributed by atoms with van der Waals surface area (Å²) in [5, 5.41) is 19.7. The summed E-state index contributed by atoms with van der Waals surface area (Å²) >= 11 is 0. The summed E-state index contributed by atoms with van der Waals surface area (Å²) in [6.45, 7) is 6.14. The third kappa shape index (κ3) is 9.34. The summed E-state index contributed by atoms with van der Waals surface area (Å²) in [5.74, 6) is -0.418. The summed E-state index contributed by atoms with van der Waals surface area (Å²) in [6, 6.07) is 12.8. The van der Waals surface area contributed by atoms with E-state index in [9.17, 15) is 14.0 Å². The summed E-state index contributed by atoms with van der Waals surface area (Å²) in [7, 11) is 1.39. The van der Waals surface area contributed by atoms with E-state index in [0.717, 1.165) is 25.2 Å². The maximum Gasteiger partial charge on any atom is 0.255 e. The molecule has 0 aliphatic carbocycles. The number of likely N-dealkylation sites (tertiary alicyclic amines) is 1. The number of nitrogens with one attached hydrogen (secondary N) is 4. The minimum absolute atomic E-state index is 0.00698. The molecule has 1 aromatic carbocycles. The molecule has 1 fully saturated rings. The van der Waals surface area contributed by atoms with Gasteiger partial charge in [-0.05, 0) is 45.0 Å². The SMILES string of the molecule is CCNc1nc(-c2ccc(NC(=O)NCc3ccc(/B=N/C#CO)nc3)c(F)c2)ccc1C(=O)NCCN1CCCCC1. The van der Waals surface area contributed by atoms with Gasteiger partial charge in [0.25, 0.3) is 5.91 Å². The van der Waals surface area contributed by atoms with E-state index < -0.39 is 11.8 Å². The number of aliphatic hydroxyl groups excluding tert-OH is 1. The number of hydrogen-bond donors (Lipinski definition) is 5. The first-order valence-corrected chi connectivity index (χ1v) is 14.2. The Balaban J connectivity index is 1.34. The van der Waals surface area contributed by atoms with Gasteiger partial charge in [0.05, 0.1) is 11.3 Å². The minimum Gasteiger partial charge on any atom is -0.351 e. The number of rotatable bonds is 11. The zero-order valence-corrected chi connectivity index (χ0v) is 24.0. The molecule has 1 saturated heterocycles. The number of hydrogen-bond acceptors (Lipinski definition) is 8. The minimum atomic E-state index is -0.629. The molecule has 43 heavy (non-hydrogen) atoms. The number of carbonyl (C=O) groups excluding carboxylic acids is 2. The van der Waals surface area contributed by atoms with E-state index in [1.807, 2.05) is 6.92 Å². The van der Waals surface area contributed by atoms with Gasteiger partial charge in [-0.1, -0.05) is 6.42 Å². The number of carbonyl (C=O) groups is 2. The molecule has 2 aromatic heterocycles. The van der Waals surface area contributed by atoms with E-state index in [-0.39, 0.29) is 18.1 Å². The number of benzene rings is 1. The number of anilines is 2. The monoisotopic (exact) mass is 584 g/mol. The van der Waals surface area contributed by atoms with E-state index in [1.54, 1.807) is 42.6 Å². The van der Waals surface area contributed by atoms with Crippen molar-refractivity contribution in [3.8, 4) is 23.4 Å². The van der Waals surface area contributed by atoms with Crippen LogP contribution in [-0.2, 0) is 6.54 Å². The summed E-state index contributed by atoms with van der Waals surface area (Å²) in [4.78, 5) is 40.1. The van der Waals surface area contributed by atoms with Gasteiger partial charge in [-0.3, -0.25) is 4.79 Å². The first-order chi connectivity index (χ1) is 21.0. The molecule has 1 aliphatic heterocycles. The molecule has 3 heterocycles. The second-order valence-electron chi connectivity index (χ2n) is 9.86. The Morgan fingerprint density at radius 3 is 2.67 bits per heavy atom. The fourth-order valence-electron chi connectivity index (χ4n) is 4.58. The maximum atomic E-state index is 15.0. The van der Waals surface area contributed by atoms with Crippen molar-refractivity contribution in [3.05, 3.63) is 65.6 Å². The standard InChI is InChI=1S/C30H34BFN8O3/c1-2-33-28-23(29(42)34-12-16-40-14-4-3-5-15-40)8-10-25(38-28)22-7-9-26(24(32)18-22)39-30(43)36-20-21-6-11-27(35-19-21)31-37-13-17-41/h6-11,18-19,41H,2-5,12,14-16,20H2,1H3,(H,33,38)(H,34,42)(H2,36,39,43). The fourth-order valence-corrected chi connectivity index (χ4v) is 4.58. The van der Waals surface area contributed by atoms with Gasteiger partial charge in [-0.15, -0.1) is 0 Å². The molecule has 5 N–H and O–H groups in total. The van der Waals surface area contributed by atoms with Crippen molar-refractivity contribution in [3.63, 3.8) is 0 Å². The topological polar surface area (TPSA) is 144 Å². The number of halogens is 1. The van der Waals surface area contributed by atoms with Crippen molar-refractivity contribution >= 4 is 36.1 Å². The third-order valence-corrected chi connectivity index (χ3v) is 6.77. The van der Waals surface area contributed by atoms with Gasteiger partial charge in [-0.25, -0.2) is 4.98 Å². The molecule has 0 atom stereocenters. The van der Waals surface area contributed by atoms with Gasteiger partial charge in [0.15, 0.2) is 0 Å². The van der Waals surface area contributed by atoms with Crippen molar-refractivity contribution in [2.24, 2.45) is 4.90 Å². The summed E-state index contributed by atoms with van der Waals surface area (Å²) in [5.41, 5.74) is 2.67. The fraction of sp³-hybridized carbons (Fsp3) is 0.333. The van der Waals surface area contributed by atoms with E-state index in [1.165, 1.54) is 38.5 Å². The van der Waals surface area contributed by atoms with Crippen molar-refractivity contribution in [1.29, 1.82) is 0 Å². The predicted octanol–water partition coefficient (Wildman–Crippen LogP) is 3.06. The van der Waals surface area contributed by atoms with Crippen LogP contribution in [-0.4, -0.2) is 71.7 Å². The second-order valence-corrected chi connectivity index (χ2v) is 9.86. The van der Waals surface area contributed by atoms with E-state index >= 15 is 0 Å². The molecule has 4 rings (SSSR count). The Morgan fingerprint density at radius 1 is 1.12 bits per heavy atom. The number of aliphatic hydroxyl groups is 1. The first-order valence-electron chi connectivity index (χ1n) is 14.2.